The molecule has 1 aromatic heterocycles. The number of pyridine rings is 1. The van der Waals surface area contributed by atoms with E-state index in [-0.39, 0.29) is 6.04 Å². The molecule has 1 heterocycles. The van der Waals surface area contributed by atoms with E-state index in [0.29, 0.717) is 0 Å². The van der Waals surface area contributed by atoms with Gasteiger partial charge in [-0.25, -0.2) is 0 Å². The van der Waals surface area contributed by atoms with Crippen LogP contribution in [0.2, 0.25) is 0 Å². The number of hydrogen-bond donors (Lipinski definition) is 1. The van der Waals surface area contributed by atoms with Crippen molar-refractivity contribution in [2.24, 2.45) is 11.7 Å². The fourth-order valence-corrected chi connectivity index (χ4v) is 1.77. The highest BCUT2D eigenvalue weighted by atomic mass is 16.5. The zero-order valence-electron chi connectivity index (χ0n) is 10.4. The van der Waals surface area contributed by atoms with Crippen LogP contribution in [0.4, 0.5) is 0 Å². The van der Waals surface area contributed by atoms with Crippen LogP contribution in [0, 0.1) is 5.92 Å². The van der Waals surface area contributed by atoms with Crippen LogP contribution in [0.5, 0.6) is 5.75 Å². The van der Waals surface area contributed by atoms with E-state index in [1.807, 2.05) is 6.07 Å². The molecular weight excluding hydrogens is 200 g/mol. The van der Waals surface area contributed by atoms with Crippen molar-refractivity contribution in [3.63, 3.8) is 0 Å². The lowest BCUT2D eigenvalue weighted by Gasteiger charge is -2.15. The molecule has 0 spiro atoms. The van der Waals surface area contributed by atoms with Crippen molar-refractivity contribution < 1.29 is 4.74 Å². The van der Waals surface area contributed by atoms with E-state index in [2.05, 4.69) is 18.8 Å². The van der Waals surface area contributed by atoms with Crippen LogP contribution in [-0.2, 0) is 0 Å². The molecule has 0 amide bonds. The summed E-state index contributed by atoms with van der Waals surface area (Å²) in [7, 11) is 1.65. The Morgan fingerprint density at radius 2 is 2.12 bits per heavy atom. The van der Waals surface area contributed by atoms with Gasteiger partial charge in [-0.2, -0.15) is 0 Å². The summed E-state index contributed by atoms with van der Waals surface area (Å²) >= 11 is 0. The van der Waals surface area contributed by atoms with Crippen LogP contribution in [-0.4, -0.2) is 12.1 Å². The molecule has 0 radical (unpaired) electrons. The highest BCUT2D eigenvalue weighted by molar-refractivity contribution is 5.32. The predicted molar refractivity (Wildman–Crippen MR) is 66.4 cm³/mol. The summed E-state index contributed by atoms with van der Waals surface area (Å²) in [6.45, 7) is 4.47. The van der Waals surface area contributed by atoms with E-state index >= 15 is 0 Å². The molecule has 0 aliphatic heterocycles. The molecule has 0 saturated heterocycles. The van der Waals surface area contributed by atoms with Crippen molar-refractivity contribution in [2.75, 3.05) is 7.11 Å². The van der Waals surface area contributed by atoms with Crippen molar-refractivity contribution in [1.82, 2.24) is 4.98 Å². The lowest BCUT2D eigenvalue weighted by molar-refractivity contribution is 0.400. The van der Waals surface area contributed by atoms with Gasteiger partial charge < -0.3 is 10.5 Å². The largest absolute Gasteiger partial charge is 0.495 e. The van der Waals surface area contributed by atoms with Gasteiger partial charge in [-0.3, -0.25) is 4.98 Å². The Kier molecular flexibility index (Phi) is 5.26. The third kappa shape index (κ3) is 3.81. The van der Waals surface area contributed by atoms with Gasteiger partial charge in [0, 0.05) is 17.8 Å². The summed E-state index contributed by atoms with van der Waals surface area (Å²) in [6.07, 6.45) is 6.86. The first-order chi connectivity index (χ1) is 7.65. The number of methoxy groups -OCH3 is 1. The van der Waals surface area contributed by atoms with E-state index in [9.17, 15) is 0 Å². The maximum atomic E-state index is 6.15. The van der Waals surface area contributed by atoms with Crippen LogP contribution >= 0.6 is 0 Å². The molecule has 0 saturated carbocycles. The number of ether oxygens (including phenoxy) is 1. The molecule has 3 heteroatoms. The predicted octanol–water partition coefficient (Wildman–Crippen LogP) is 2.92. The second-order valence-corrected chi connectivity index (χ2v) is 4.55. The second-order valence-electron chi connectivity index (χ2n) is 4.55. The third-order valence-electron chi connectivity index (χ3n) is 2.73. The minimum absolute atomic E-state index is 0.0525. The van der Waals surface area contributed by atoms with Gasteiger partial charge in [0.1, 0.15) is 5.75 Å². The number of nitrogens with zero attached hydrogens (tertiary/aromatic N) is 1. The van der Waals surface area contributed by atoms with Gasteiger partial charge in [-0.05, 0) is 18.4 Å². The number of rotatable bonds is 6. The van der Waals surface area contributed by atoms with E-state index in [1.54, 1.807) is 19.5 Å². The molecule has 0 fully saturated rings. The van der Waals surface area contributed by atoms with E-state index in [4.69, 9.17) is 10.5 Å². The first-order valence-corrected chi connectivity index (χ1v) is 5.88. The minimum atomic E-state index is 0.0525. The van der Waals surface area contributed by atoms with Gasteiger partial charge in [0.2, 0.25) is 0 Å². The molecule has 1 aromatic rings. The average Bonchev–Trinajstić information content (AvgIpc) is 2.28. The summed E-state index contributed by atoms with van der Waals surface area (Å²) in [5.74, 6) is 1.53. The smallest absolute Gasteiger partial charge is 0.141 e. The highest BCUT2D eigenvalue weighted by Gasteiger charge is 2.11. The summed E-state index contributed by atoms with van der Waals surface area (Å²) in [4.78, 5) is 4.03. The Morgan fingerprint density at radius 3 is 2.75 bits per heavy atom. The molecule has 90 valence electrons. The molecule has 0 aliphatic rings. The first-order valence-electron chi connectivity index (χ1n) is 5.88. The first kappa shape index (κ1) is 13.0. The molecule has 0 bridgehead atoms. The molecule has 1 unspecified atom stereocenters. The van der Waals surface area contributed by atoms with E-state index in [1.165, 1.54) is 6.42 Å². The number of nitrogens with two attached hydrogens (primary N) is 1. The summed E-state index contributed by atoms with van der Waals surface area (Å²) in [5, 5.41) is 0. The van der Waals surface area contributed by atoms with Crippen LogP contribution < -0.4 is 10.5 Å². The second kappa shape index (κ2) is 6.48. The van der Waals surface area contributed by atoms with Crippen LogP contribution in [0.25, 0.3) is 0 Å². The molecule has 1 rings (SSSR count). The molecule has 1 atom stereocenters. The molecule has 16 heavy (non-hydrogen) atoms. The Morgan fingerprint density at radius 1 is 1.38 bits per heavy atom. The lowest BCUT2D eigenvalue weighted by atomic mass is 9.99. The van der Waals surface area contributed by atoms with Crippen LogP contribution in [0.3, 0.4) is 0 Å². The van der Waals surface area contributed by atoms with Crippen molar-refractivity contribution in [1.29, 1.82) is 0 Å². The number of hydrogen-bond acceptors (Lipinski definition) is 3. The molecule has 2 N–H and O–H groups in total. The fourth-order valence-electron chi connectivity index (χ4n) is 1.77. The molecular formula is C13H22N2O. The van der Waals surface area contributed by atoms with Gasteiger partial charge in [0.05, 0.1) is 13.3 Å². The Labute approximate surface area is 98.0 Å². The van der Waals surface area contributed by atoms with Gasteiger partial charge in [0.15, 0.2) is 0 Å². The summed E-state index contributed by atoms with van der Waals surface area (Å²) < 4.78 is 5.25. The Bertz CT molecular complexity index is 313. The Hall–Kier alpha value is -1.09. The minimum Gasteiger partial charge on any atom is -0.495 e. The van der Waals surface area contributed by atoms with Crippen LogP contribution in [0.15, 0.2) is 18.5 Å². The van der Waals surface area contributed by atoms with Gasteiger partial charge in [0.25, 0.3) is 0 Å². The van der Waals surface area contributed by atoms with Gasteiger partial charge in [-0.15, -0.1) is 0 Å². The monoisotopic (exact) mass is 222 g/mol. The lowest BCUT2D eigenvalue weighted by Crippen LogP contribution is -2.12. The van der Waals surface area contributed by atoms with E-state index < -0.39 is 0 Å². The zero-order chi connectivity index (χ0) is 12.0. The quantitative estimate of drug-likeness (QED) is 0.805. The molecule has 3 nitrogen and oxygen atoms in total. The maximum absolute atomic E-state index is 6.15. The molecule has 0 aliphatic carbocycles. The average molecular weight is 222 g/mol. The van der Waals surface area contributed by atoms with E-state index in [0.717, 1.165) is 30.1 Å². The Balaban J connectivity index is 2.55. The summed E-state index contributed by atoms with van der Waals surface area (Å²) in [6, 6.07) is 2.00. The normalized spacial score (nSPS) is 12.8. The SMILES string of the molecule is COc1cnccc1C(N)CCCC(C)C. The van der Waals surface area contributed by atoms with Crippen molar-refractivity contribution >= 4 is 0 Å². The number of aromatic nitrogens is 1. The van der Waals surface area contributed by atoms with Crippen molar-refractivity contribution in [3.8, 4) is 5.75 Å². The third-order valence-corrected chi connectivity index (χ3v) is 2.73. The van der Waals surface area contributed by atoms with Crippen molar-refractivity contribution in [2.45, 2.75) is 39.2 Å². The standard InChI is InChI=1S/C13H22N2O/c1-10(2)5-4-6-12(14)11-7-8-15-9-13(11)16-3/h7-10,12H,4-6,14H2,1-3H3. The van der Waals surface area contributed by atoms with Crippen molar-refractivity contribution in [3.05, 3.63) is 24.0 Å². The van der Waals surface area contributed by atoms with Gasteiger partial charge in [-0.1, -0.05) is 26.7 Å². The zero-order valence-corrected chi connectivity index (χ0v) is 10.4. The summed E-state index contributed by atoms with van der Waals surface area (Å²) in [5.41, 5.74) is 7.21. The highest BCUT2D eigenvalue weighted by Crippen LogP contribution is 2.25. The van der Waals surface area contributed by atoms with Crippen LogP contribution in [0.1, 0.15) is 44.7 Å². The molecule has 0 aromatic carbocycles. The maximum Gasteiger partial charge on any atom is 0.141 e. The van der Waals surface area contributed by atoms with Gasteiger partial charge >= 0.3 is 0 Å². The topological polar surface area (TPSA) is 48.1 Å². The fraction of sp³-hybridized carbons (Fsp3) is 0.615.